The molecule has 0 radical (unpaired) electrons. The molecule has 2 rings (SSSR count). The number of phenolic OH excluding ortho intramolecular Hbond substituents is 1. The molecular formula is C14H21NO3. The summed E-state index contributed by atoms with van der Waals surface area (Å²) in [7, 11) is 0. The van der Waals surface area contributed by atoms with Gasteiger partial charge in [0.15, 0.2) is 0 Å². The first-order chi connectivity index (χ1) is 8.79. The van der Waals surface area contributed by atoms with E-state index in [1.165, 1.54) is 0 Å². The third-order valence-corrected chi connectivity index (χ3v) is 3.57. The Kier molecular flexibility index (Phi) is 4.84. The average molecular weight is 251 g/mol. The van der Waals surface area contributed by atoms with E-state index in [1.54, 1.807) is 18.2 Å². The summed E-state index contributed by atoms with van der Waals surface area (Å²) in [6.45, 7) is 2.70. The van der Waals surface area contributed by atoms with Crippen molar-refractivity contribution >= 4 is 0 Å². The Hall–Kier alpha value is -1.26. The number of hydrogen-bond acceptors (Lipinski definition) is 4. The van der Waals surface area contributed by atoms with Crippen LogP contribution in [0.5, 0.6) is 11.5 Å². The van der Waals surface area contributed by atoms with E-state index in [1.807, 2.05) is 6.07 Å². The van der Waals surface area contributed by atoms with Crippen LogP contribution in [0.1, 0.15) is 12.8 Å². The lowest BCUT2D eigenvalue weighted by atomic mass is 9.86. The summed E-state index contributed by atoms with van der Waals surface area (Å²) < 4.78 is 5.65. The van der Waals surface area contributed by atoms with Gasteiger partial charge >= 0.3 is 0 Å². The third kappa shape index (κ3) is 3.62. The van der Waals surface area contributed by atoms with E-state index >= 15 is 0 Å². The van der Waals surface area contributed by atoms with Gasteiger partial charge in [-0.2, -0.15) is 0 Å². The Morgan fingerprint density at radius 3 is 2.78 bits per heavy atom. The summed E-state index contributed by atoms with van der Waals surface area (Å²) in [5, 5.41) is 22.1. The molecule has 1 aromatic rings. The molecule has 0 spiro atoms. The zero-order valence-electron chi connectivity index (χ0n) is 10.5. The van der Waals surface area contributed by atoms with E-state index in [9.17, 15) is 10.2 Å². The molecule has 1 unspecified atom stereocenters. The molecule has 1 fully saturated rings. The summed E-state index contributed by atoms with van der Waals surface area (Å²) in [4.78, 5) is 0. The fourth-order valence-corrected chi connectivity index (χ4v) is 2.43. The summed E-state index contributed by atoms with van der Waals surface area (Å²) in [6, 6.07) is 6.78. The van der Waals surface area contributed by atoms with Gasteiger partial charge in [-0.3, -0.25) is 0 Å². The molecule has 1 heterocycles. The number of piperidine rings is 1. The minimum Gasteiger partial charge on any atom is -0.508 e. The highest BCUT2D eigenvalue weighted by atomic mass is 16.5. The number of aliphatic hydroxyl groups is 1. The van der Waals surface area contributed by atoms with Crippen LogP contribution < -0.4 is 10.1 Å². The van der Waals surface area contributed by atoms with Crippen LogP contribution in [0.15, 0.2) is 24.3 Å². The van der Waals surface area contributed by atoms with E-state index in [4.69, 9.17) is 4.74 Å². The van der Waals surface area contributed by atoms with Gasteiger partial charge in [0.2, 0.25) is 0 Å². The molecule has 1 saturated heterocycles. The Balaban J connectivity index is 1.86. The molecule has 0 bridgehead atoms. The average Bonchev–Trinajstić information content (AvgIpc) is 2.41. The first-order valence-electron chi connectivity index (χ1n) is 6.53. The highest BCUT2D eigenvalue weighted by Gasteiger charge is 2.23. The fourth-order valence-electron chi connectivity index (χ4n) is 2.43. The van der Waals surface area contributed by atoms with Crippen LogP contribution in [0.4, 0.5) is 0 Å². The predicted molar refractivity (Wildman–Crippen MR) is 69.8 cm³/mol. The number of benzene rings is 1. The number of hydrogen-bond donors (Lipinski definition) is 3. The monoisotopic (exact) mass is 251 g/mol. The van der Waals surface area contributed by atoms with Gasteiger partial charge < -0.3 is 20.3 Å². The van der Waals surface area contributed by atoms with Crippen LogP contribution in [0.25, 0.3) is 0 Å². The molecular weight excluding hydrogens is 230 g/mol. The van der Waals surface area contributed by atoms with Crippen LogP contribution in [-0.4, -0.2) is 36.5 Å². The minimum absolute atomic E-state index is 0.156. The summed E-state index contributed by atoms with van der Waals surface area (Å²) in [5.74, 6) is 1.56. The lowest BCUT2D eigenvalue weighted by Crippen LogP contribution is -2.35. The fraction of sp³-hybridized carbons (Fsp3) is 0.571. The van der Waals surface area contributed by atoms with Crippen molar-refractivity contribution in [2.75, 3.05) is 26.3 Å². The lowest BCUT2D eigenvalue weighted by Gasteiger charge is -2.29. The van der Waals surface area contributed by atoms with Gasteiger partial charge in [-0.05, 0) is 44.0 Å². The molecule has 18 heavy (non-hydrogen) atoms. The minimum atomic E-state index is 0.156. The normalized spacial score (nSPS) is 18.5. The van der Waals surface area contributed by atoms with Gasteiger partial charge in [-0.1, -0.05) is 6.07 Å². The van der Waals surface area contributed by atoms with Crippen molar-refractivity contribution in [3.05, 3.63) is 24.3 Å². The van der Waals surface area contributed by atoms with Crippen molar-refractivity contribution in [3.63, 3.8) is 0 Å². The van der Waals surface area contributed by atoms with Crippen molar-refractivity contribution in [2.24, 2.45) is 11.8 Å². The smallest absolute Gasteiger partial charge is 0.122 e. The number of nitrogens with one attached hydrogen (secondary N) is 1. The standard InChI is InChI=1S/C14H21NO3/c16-9-12(11-4-6-15-7-5-11)10-18-14-3-1-2-13(17)8-14/h1-3,8,11-12,15-17H,4-7,9-10H2. The van der Waals surface area contributed by atoms with Crippen LogP contribution in [0, 0.1) is 11.8 Å². The lowest BCUT2D eigenvalue weighted by molar-refractivity contribution is 0.102. The zero-order chi connectivity index (χ0) is 12.8. The quantitative estimate of drug-likeness (QED) is 0.740. The number of aliphatic hydroxyl groups excluding tert-OH is 1. The van der Waals surface area contributed by atoms with Crippen LogP contribution in [0.2, 0.25) is 0 Å². The van der Waals surface area contributed by atoms with E-state index in [-0.39, 0.29) is 18.3 Å². The molecule has 0 aromatic heterocycles. The molecule has 1 aromatic carbocycles. The number of rotatable bonds is 5. The maximum atomic E-state index is 9.46. The first kappa shape index (κ1) is 13.2. The van der Waals surface area contributed by atoms with Gasteiger partial charge in [0.1, 0.15) is 11.5 Å². The highest BCUT2D eigenvalue weighted by molar-refractivity contribution is 5.31. The Morgan fingerprint density at radius 1 is 1.33 bits per heavy atom. The maximum absolute atomic E-state index is 9.46. The molecule has 1 aliphatic heterocycles. The van der Waals surface area contributed by atoms with Crippen LogP contribution in [-0.2, 0) is 0 Å². The highest BCUT2D eigenvalue weighted by Crippen LogP contribution is 2.24. The van der Waals surface area contributed by atoms with Crippen molar-refractivity contribution < 1.29 is 14.9 Å². The SMILES string of the molecule is OCC(COc1cccc(O)c1)C1CCNCC1. The van der Waals surface area contributed by atoms with Crippen molar-refractivity contribution in [2.45, 2.75) is 12.8 Å². The number of ether oxygens (including phenoxy) is 1. The molecule has 4 nitrogen and oxygen atoms in total. The molecule has 100 valence electrons. The summed E-state index contributed by atoms with van der Waals surface area (Å²) in [6.07, 6.45) is 2.18. The topological polar surface area (TPSA) is 61.7 Å². The van der Waals surface area contributed by atoms with Crippen molar-refractivity contribution in [3.8, 4) is 11.5 Å². The second-order valence-corrected chi connectivity index (χ2v) is 4.84. The molecule has 0 saturated carbocycles. The molecule has 0 aliphatic carbocycles. The second-order valence-electron chi connectivity index (χ2n) is 4.84. The molecule has 0 amide bonds. The Bertz CT molecular complexity index is 364. The van der Waals surface area contributed by atoms with Crippen molar-refractivity contribution in [1.29, 1.82) is 0 Å². The summed E-state index contributed by atoms with van der Waals surface area (Å²) >= 11 is 0. The third-order valence-electron chi connectivity index (χ3n) is 3.57. The first-order valence-corrected chi connectivity index (χ1v) is 6.53. The molecule has 1 aliphatic rings. The van der Waals surface area contributed by atoms with Crippen LogP contribution in [0.3, 0.4) is 0 Å². The van der Waals surface area contributed by atoms with Gasteiger partial charge in [0, 0.05) is 18.6 Å². The Morgan fingerprint density at radius 2 is 2.11 bits per heavy atom. The number of phenols is 1. The van der Waals surface area contributed by atoms with E-state index in [0.29, 0.717) is 18.3 Å². The van der Waals surface area contributed by atoms with E-state index in [2.05, 4.69) is 5.32 Å². The largest absolute Gasteiger partial charge is 0.508 e. The van der Waals surface area contributed by atoms with Gasteiger partial charge in [0.05, 0.1) is 6.61 Å². The molecule has 4 heteroatoms. The van der Waals surface area contributed by atoms with Gasteiger partial charge in [-0.25, -0.2) is 0 Å². The Labute approximate surface area is 108 Å². The van der Waals surface area contributed by atoms with E-state index < -0.39 is 0 Å². The zero-order valence-corrected chi connectivity index (χ0v) is 10.5. The maximum Gasteiger partial charge on any atom is 0.122 e. The number of aromatic hydroxyl groups is 1. The van der Waals surface area contributed by atoms with Gasteiger partial charge in [-0.15, -0.1) is 0 Å². The van der Waals surface area contributed by atoms with Crippen molar-refractivity contribution in [1.82, 2.24) is 5.32 Å². The van der Waals surface area contributed by atoms with E-state index in [0.717, 1.165) is 25.9 Å². The molecule has 3 N–H and O–H groups in total. The second kappa shape index (κ2) is 6.61. The van der Waals surface area contributed by atoms with Crippen LogP contribution >= 0.6 is 0 Å². The van der Waals surface area contributed by atoms with Gasteiger partial charge in [0.25, 0.3) is 0 Å². The predicted octanol–water partition coefficient (Wildman–Crippen LogP) is 1.38. The molecule has 1 atom stereocenters. The summed E-state index contributed by atoms with van der Waals surface area (Å²) in [5.41, 5.74) is 0.